The van der Waals surface area contributed by atoms with Gasteiger partial charge in [-0.1, -0.05) is 25.9 Å². The predicted octanol–water partition coefficient (Wildman–Crippen LogP) is 2.41. The third-order valence-corrected chi connectivity index (χ3v) is 2.84. The van der Waals surface area contributed by atoms with Gasteiger partial charge in [0, 0.05) is 11.9 Å². The van der Waals surface area contributed by atoms with Crippen molar-refractivity contribution >= 4 is 28.1 Å². The fourth-order valence-electron chi connectivity index (χ4n) is 1.21. The van der Waals surface area contributed by atoms with Crippen molar-refractivity contribution in [3.63, 3.8) is 0 Å². The van der Waals surface area contributed by atoms with Crippen molar-refractivity contribution in [3.05, 3.63) is 11.1 Å². The van der Waals surface area contributed by atoms with Gasteiger partial charge in [0.15, 0.2) is 10.8 Å². The van der Waals surface area contributed by atoms with E-state index in [2.05, 4.69) is 15.5 Å². The molecule has 0 unspecified atom stereocenters. The van der Waals surface area contributed by atoms with Gasteiger partial charge in [-0.2, -0.15) is 0 Å². The molecule has 0 spiro atoms. The molecule has 0 bridgehead atoms. The van der Waals surface area contributed by atoms with Crippen LogP contribution in [0.4, 0.5) is 5.13 Å². The van der Waals surface area contributed by atoms with Crippen molar-refractivity contribution < 1.29 is 9.63 Å². The molecule has 7 heteroatoms. The molecule has 0 saturated heterocycles. The summed E-state index contributed by atoms with van der Waals surface area (Å²) < 4.78 is 0. The number of nitrogen functional groups attached to an aromatic ring is 1. The standard InChI is InChI=1S/C14H24N4O2S/c1-13(2,3)8-16-11(19)10(18-20-14(4,5)6)9-7-21-12(15)17-9/h7H,8H2,1-6H3,(H2,15,17)(H,16,19)/b18-10+. The molecule has 0 aliphatic heterocycles. The van der Waals surface area contributed by atoms with Crippen molar-refractivity contribution in [1.82, 2.24) is 10.3 Å². The highest BCUT2D eigenvalue weighted by Gasteiger charge is 2.22. The fraction of sp³-hybridized carbons (Fsp3) is 0.643. The average Bonchev–Trinajstić information content (AvgIpc) is 2.71. The number of carbonyl (C=O) groups excluding carboxylic acids is 1. The number of anilines is 1. The number of oxime groups is 1. The molecule has 21 heavy (non-hydrogen) atoms. The molecule has 118 valence electrons. The Hall–Kier alpha value is -1.63. The zero-order valence-electron chi connectivity index (χ0n) is 13.5. The largest absolute Gasteiger partial charge is 0.389 e. The van der Waals surface area contributed by atoms with Gasteiger partial charge in [0.2, 0.25) is 0 Å². The smallest absolute Gasteiger partial charge is 0.275 e. The zero-order chi connectivity index (χ0) is 16.3. The Labute approximate surface area is 129 Å². The van der Waals surface area contributed by atoms with E-state index in [1.165, 1.54) is 11.3 Å². The van der Waals surface area contributed by atoms with Gasteiger partial charge in [-0.15, -0.1) is 11.3 Å². The molecular formula is C14H24N4O2S. The summed E-state index contributed by atoms with van der Waals surface area (Å²) >= 11 is 1.26. The Morgan fingerprint density at radius 1 is 1.38 bits per heavy atom. The molecule has 0 aliphatic rings. The molecule has 0 saturated carbocycles. The maximum atomic E-state index is 12.3. The second-order valence-corrected chi connectivity index (χ2v) is 7.85. The Kier molecular flexibility index (Phi) is 5.33. The van der Waals surface area contributed by atoms with Crippen LogP contribution in [0.2, 0.25) is 0 Å². The molecule has 1 amide bonds. The minimum atomic E-state index is -0.489. The highest BCUT2D eigenvalue weighted by molar-refractivity contribution is 7.13. The van der Waals surface area contributed by atoms with Crippen molar-refractivity contribution in [2.45, 2.75) is 47.1 Å². The van der Waals surface area contributed by atoms with Crippen LogP contribution in [-0.4, -0.2) is 28.7 Å². The zero-order valence-corrected chi connectivity index (χ0v) is 14.3. The topological polar surface area (TPSA) is 89.6 Å². The number of nitrogens with one attached hydrogen (secondary N) is 1. The van der Waals surface area contributed by atoms with E-state index < -0.39 is 5.60 Å². The van der Waals surface area contributed by atoms with Crippen LogP contribution in [-0.2, 0) is 9.63 Å². The lowest BCUT2D eigenvalue weighted by atomic mass is 9.97. The summed E-state index contributed by atoms with van der Waals surface area (Å²) in [6.07, 6.45) is 0. The highest BCUT2D eigenvalue weighted by Crippen LogP contribution is 2.15. The van der Waals surface area contributed by atoms with Crippen LogP contribution < -0.4 is 11.1 Å². The highest BCUT2D eigenvalue weighted by atomic mass is 32.1. The van der Waals surface area contributed by atoms with Crippen LogP contribution in [0.1, 0.15) is 47.2 Å². The number of amides is 1. The number of nitrogens with zero attached hydrogens (tertiary/aromatic N) is 2. The summed E-state index contributed by atoms with van der Waals surface area (Å²) in [6.45, 7) is 12.2. The van der Waals surface area contributed by atoms with E-state index in [4.69, 9.17) is 10.6 Å². The molecule has 3 N–H and O–H groups in total. The molecule has 1 heterocycles. The van der Waals surface area contributed by atoms with E-state index in [-0.39, 0.29) is 17.0 Å². The minimum Gasteiger partial charge on any atom is -0.389 e. The summed E-state index contributed by atoms with van der Waals surface area (Å²) in [5, 5.41) is 8.89. The molecular weight excluding hydrogens is 288 g/mol. The lowest BCUT2D eigenvalue weighted by Crippen LogP contribution is -2.38. The average molecular weight is 312 g/mol. The van der Waals surface area contributed by atoms with Gasteiger partial charge in [0.1, 0.15) is 11.3 Å². The molecule has 1 rings (SSSR count). The second-order valence-electron chi connectivity index (χ2n) is 6.96. The number of rotatable bonds is 4. The summed E-state index contributed by atoms with van der Waals surface area (Å²) in [5.41, 5.74) is 5.68. The van der Waals surface area contributed by atoms with E-state index in [9.17, 15) is 4.79 Å². The summed E-state index contributed by atoms with van der Waals surface area (Å²) in [4.78, 5) is 21.8. The molecule has 0 fully saturated rings. The fourth-order valence-corrected chi connectivity index (χ4v) is 1.76. The van der Waals surface area contributed by atoms with Crippen molar-refractivity contribution in [2.75, 3.05) is 12.3 Å². The van der Waals surface area contributed by atoms with Crippen LogP contribution in [0, 0.1) is 5.41 Å². The molecule has 0 radical (unpaired) electrons. The Morgan fingerprint density at radius 3 is 2.43 bits per heavy atom. The predicted molar refractivity (Wildman–Crippen MR) is 86.4 cm³/mol. The lowest BCUT2D eigenvalue weighted by Gasteiger charge is -2.19. The maximum absolute atomic E-state index is 12.3. The van der Waals surface area contributed by atoms with Gasteiger partial charge in [-0.05, 0) is 26.2 Å². The van der Waals surface area contributed by atoms with Gasteiger partial charge in [-0.25, -0.2) is 4.98 Å². The van der Waals surface area contributed by atoms with Crippen molar-refractivity contribution in [1.29, 1.82) is 0 Å². The molecule has 0 aromatic carbocycles. The third kappa shape index (κ3) is 6.57. The van der Waals surface area contributed by atoms with Gasteiger partial charge in [-0.3, -0.25) is 4.79 Å². The SMILES string of the molecule is CC(C)(C)CNC(=O)/C(=N/OC(C)(C)C)c1csc(N)n1. The quantitative estimate of drug-likeness (QED) is 0.660. The van der Waals surface area contributed by atoms with Crippen LogP contribution in [0.3, 0.4) is 0 Å². The monoisotopic (exact) mass is 312 g/mol. The van der Waals surface area contributed by atoms with E-state index in [0.717, 1.165) is 0 Å². The van der Waals surface area contributed by atoms with E-state index >= 15 is 0 Å². The van der Waals surface area contributed by atoms with Gasteiger partial charge >= 0.3 is 0 Å². The van der Waals surface area contributed by atoms with E-state index in [1.54, 1.807) is 5.38 Å². The maximum Gasteiger partial charge on any atom is 0.275 e. The first-order valence-corrected chi connectivity index (χ1v) is 7.62. The Bertz CT molecular complexity index is 524. The van der Waals surface area contributed by atoms with Gasteiger partial charge in [0.25, 0.3) is 5.91 Å². The van der Waals surface area contributed by atoms with Crippen molar-refractivity contribution in [3.8, 4) is 0 Å². The number of thiazole rings is 1. The van der Waals surface area contributed by atoms with Gasteiger partial charge < -0.3 is 15.9 Å². The first kappa shape index (κ1) is 17.4. The second kappa shape index (κ2) is 6.43. The molecule has 1 aromatic heterocycles. The van der Waals surface area contributed by atoms with Crippen LogP contribution >= 0.6 is 11.3 Å². The normalized spacial score (nSPS) is 13.1. The third-order valence-electron chi connectivity index (χ3n) is 2.17. The molecule has 1 aromatic rings. The lowest BCUT2D eigenvalue weighted by molar-refractivity contribution is -0.115. The number of hydrogen-bond donors (Lipinski definition) is 2. The molecule has 0 atom stereocenters. The van der Waals surface area contributed by atoms with Crippen LogP contribution in [0.5, 0.6) is 0 Å². The number of hydrogen-bond acceptors (Lipinski definition) is 6. The summed E-state index contributed by atoms with van der Waals surface area (Å²) in [7, 11) is 0. The molecule has 6 nitrogen and oxygen atoms in total. The number of carbonyl (C=O) groups is 1. The minimum absolute atomic E-state index is 0.0211. The Morgan fingerprint density at radius 2 is 2.00 bits per heavy atom. The van der Waals surface area contributed by atoms with E-state index in [1.807, 2.05) is 41.5 Å². The molecule has 0 aliphatic carbocycles. The first-order chi connectivity index (χ1) is 9.48. The first-order valence-electron chi connectivity index (χ1n) is 6.74. The van der Waals surface area contributed by atoms with Crippen molar-refractivity contribution in [2.24, 2.45) is 10.6 Å². The van der Waals surface area contributed by atoms with Crippen LogP contribution in [0.15, 0.2) is 10.5 Å². The Balaban J connectivity index is 2.94. The van der Waals surface area contributed by atoms with E-state index in [0.29, 0.717) is 17.4 Å². The number of nitrogens with two attached hydrogens (primary N) is 1. The summed E-state index contributed by atoms with van der Waals surface area (Å²) in [6, 6.07) is 0. The van der Waals surface area contributed by atoms with Gasteiger partial charge in [0.05, 0.1) is 0 Å². The number of aromatic nitrogens is 1. The van der Waals surface area contributed by atoms with Crippen LogP contribution in [0.25, 0.3) is 0 Å². The summed E-state index contributed by atoms with van der Waals surface area (Å²) in [5.74, 6) is -0.320.